The number of isocyanates is 2. The fraction of sp³-hybridized carbons (Fsp3) is 0.391. The van der Waals surface area contributed by atoms with E-state index < -0.39 is 0 Å². The Labute approximate surface area is 170 Å². The van der Waals surface area contributed by atoms with Crippen molar-refractivity contribution in [3.05, 3.63) is 59.7 Å². The first-order valence-corrected chi connectivity index (χ1v) is 9.73. The number of nitrogens with zero attached hydrogens (tertiary/aromatic N) is 2. The fourth-order valence-corrected chi connectivity index (χ4v) is 3.31. The van der Waals surface area contributed by atoms with Crippen molar-refractivity contribution in [3.8, 4) is 0 Å². The summed E-state index contributed by atoms with van der Waals surface area (Å²) in [5, 5.41) is 17.6. The van der Waals surface area contributed by atoms with E-state index in [-0.39, 0.29) is 0 Å². The van der Waals surface area contributed by atoms with Gasteiger partial charge in [0.2, 0.25) is 12.2 Å². The Morgan fingerprint density at radius 3 is 1.31 bits per heavy atom. The highest BCUT2D eigenvalue weighted by Gasteiger charge is 2.19. The highest BCUT2D eigenvalue weighted by atomic mass is 16.3. The van der Waals surface area contributed by atoms with Crippen molar-refractivity contribution >= 4 is 23.5 Å². The van der Waals surface area contributed by atoms with Crippen LogP contribution in [0.25, 0.3) is 0 Å². The van der Waals surface area contributed by atoms with Gasteiger partial charge in [-0.25, -0.2) is 9.59 Å². The first-order chi connectivity index (χ1) is 14.2. The lowest BCUT2D eigenvalue weighted by molar-refractivity contribution is 0.131. The Bertz CT molecular complexity index is 757. The fourth-order valence-electron chi connectivity index (χ4n) is 3.31. The van der Waals surface area contributed by atoms with Crippen LogP contribution in [0.15, 0.2) is 58.5 Å². The van der Waals surface area contributed by atoms with Crippen molar-refractivity contribution < 1.29 is 19.8 Å². The van der Waals surface area contributed by atoms with Gasteiger partial charge in [-0.05, 0) is 79.3 Å². The van der Waals surface area contributed by atoms with Crippen LogP contribution in [-0.4, -0.2) is 35.6 Å². The Kier molecular flexibility index (Phi) is 9.70. The van der Waals surface area contributed by atoms with E-state index in [1.54, 1.807) is 24.3 Å². The second-order valence-corrected chi connectivity index (χ2v) is 7.17. The van der Waals surface area contributed by atoms with Crippen LogP contribution < -0.4 is 0 Å². The van der Waals surface area contributed by atoms with Crippen LogP contribution in [0.3, 0.4) is 0 Å². The molecule has 0 atom stereocenters. The van der Waals surface area contributed by atoms with Gasteiger partial charge in [-0.1, -0.05) is 24.3 Å². The third kappa shape index (κ3) is 7.94. The summed E-state index contributed by atoms with van der Waals surface area (Å²) in [6.45, 7) is 0.663. The first-order valence-electron chi connectivity index (χ1n) is 9.73. The number of hydrogen-bond donors (Lipinski definition) is 2. The zero-order chi connectivity index (χ0) is 20.9. The van der Waals surface area contributed by atoms with Crippen LogP contribution in [0, 0.1) is 11.8 Å². The number of aliphatic hydroxyl groups excluding tert-OH is 2. The monoisotopic (exact) mass is 394 g/mol. The molecule has 0 amide bonds. The van der Waals surface area contributed by atoms with E-state index in [1.807, 2.05) is 24.3 Å². The quantitative estimate of drug-likeness (QED) is 0.571. The van der Waals surface area contributed by atoms with E-state index in [9.17, 15) is 9.59 Å². The maximum absolute atomic E-state index is 10.1. The van der Waals surface area contributed by atoms with Crippen molar-refractivity contribution in [3.63, 3.8) is 0 Å². The number of carbonyl (C=O) groups excluding carboxylic acids is 2. The summed E-state index contributed by atoms with van der Waals surface area (Å²) in [7, 11) is 0. The van der Waals surface area contributed by atoms with E-state index in [4.69, 9.17) is 10.2 Å². The van der Waals surface area contributed by atoms with Crippen molar-refractivity contribution in [2.75, 3.05) is 13.2 Å². The van der Waals surface area contributed by atoms with Crippen LogP contribution in [0.2, 0.25) is 0 Å². The van der Waals surface area contributed by atoms with Crippen molar-refractivity contribution in [1.82, 2.24) is 0 Å². The number of aliphatic hydroxyl groups is 2. The molecular formula is C23H26N2O4. The lowest BCUT2D eigenvalue weighted by atomic mass is 9.83. The summed E-state index contributed by atoms with van der Waals surface area (Å²) in [6, 6.07) is 14.7. The number of hydrogen-bond acceptors (Lipinski definition) is 6. The second-order valence-electron chi connectivity index (χ2n) is 7.17. The standard InChI is InChI=1S/C15H10N2O2.C8H16O2/c18-10-16-14-5-1-12(2-6-14)9-13-3-7-15(8-4-13)17-11-19;9-5-7-1-2-8(6-10)4-3-7/h1-8H,9H2;7-10H,1-6H2. The first kappa shape index (κ1) is 22.4. The van der Waals surface area contributed by atoms with Gasteiger partial charge in [-0.2, -0.15) is 9.98 Å². The molecule has 0 saturated heterocycles. The Morgan fingerprint density at radius 2 is 1.03 bits per heavy atom. The Balaban J connectivity index is 0.000000253. The summed E-state index contributed by atoms with van der Waals surface area (Å²) >= 11 is 0. The van der Waals surface area contributed by atoms with Gasteiger partial charge in [0.1, 0.15) is 0 Å². The van der Waals surface area contributed by atoms with E-state index in [0.717, 1.165) is 43.2 Å². The van der Waals surface area contributed by atoms with Gasteiger partial charge in [-0.3, -0.25) is 0 Å². The molecule has 152 valence electrons. The molecule has 0 heterocycles. The average molecular weight is 394 g/mol. The highest BCUT2D eigenvalue weighted by Crippen LogP contribution is 2.27. The zero-order valence-corrected chi connectivity index (χ0v) is 16.3. The van der Waals surface area contributed by atoms with Crippen molar-refractivity contribution in [1.29, 1.82) is 0 Å². The van der Waals surface area contributed by atoms with Gasteiger partial charge < -0.3 is 10.2 Å². The molecule has 6 nitrogen and oxygen atoms in total. The maximum Gasteiger partial charge on any atom is 0.240 e. The van der Waals surface area contributed by atoms with E-state index in [2.05, 4.69) is 9.98 Å². The zero-order valence-electron chi connectivity index (χ0n) is 16.3. The van der Waals surface area contributed by atoms with E-state index in [1.165, 1.54) is 12.2 Å². The lowest BCUT2D eigenvalue weighted by Crippen LogP contribution is -2.19. The van der Waals surface area contributed by atoms with Crippen molar-refractivity contribution in [2.45, 2.75) is 32.1 Å². The van der Waals surface area contributed by atoms with Crippen LogP contribution in [-0.2, 0) is 16.0 Å². The molecule has 0 radical (unpaired) electrons. The molecule has 0 aromatic heterocycles. The molecule has 29 heavy (non-hydrogen) atoms. The molecule has 2 aromatic carbocycles. The minimum atomic E-state index is 0.331. The van der Waals surface area contributed by atoms with Crippen LogP contribution in [0.5, 0.6) is 0 Å². The molecule has 1 aliphatic carbocycles. The van der Waals surface area contributed by atoms with Crippen LogP contribution in [0.4, 0.5) is 11.4 Å². The third-order valence-corrected chi connectivity index (χ3v) is 5.11. The lowest BCUT2D eigenvalue weighted by Gasteiger charge is -2.25. The van der Waals surface area contributed by atoms with Gasteiger partial charge in [0.15, 0.2) is 0 Å². The maximum atomic E-state index is 10.1. The third-order valence-electron chi connectivity index (χ3n) is 5.11. The van der Waals surface area contributed by atoms with Gasteiger partial charge in [0.05, 0.1) is 11.4 Å². The number of benzene rings is 2. The van der Waals surface area contributed by atoms with E-state index >= 15 is 0 Å². The molecule has 1 fully saturated rings. The van der Waals surface area contributed by atoms with Gasteiger partial charge in [0.25, 0.3) is 0 Å². The topological polar surface area (TPSA) is 99.3 Å². The van der Waals surface area contributed by atoms with Crippen LogP contribution >= 0.6 is 0 Å². The molecule has 0 aliphatic heterocycles. The molecular weight excluding hydrogens is 368 g/mol. The molecule has 0 spiro atoms. The Morgan fingerprint density at radius 1 is 0.690 bits per heavy atom. The normalized spacial score (nSPS) is 17.9. The molecule has 6 heteroatoms. The molecule has 0 bridgehead atoms. The number of aliphatic imine (C=N–C) groups is 2. The second kappa shape index (κ2) is 12.6. The summed E-state index contributed by atoms with van der Waals surface area (Å²) in [4.78, 5) is 27.3. The molecule has 2 N–H and O–H groups in total. The minimum absolute atomic E-state index is 0.331. The molecule has 1 saturated carbocycles. The predicted octanol–water partition coefficient (Wildman–Crippen LogP) is 3.99. The molecule has 3 rings (SSSR count). The average Bonchev–Trinajstić information content (AvgIpc) is 2.77. The molecule has 2 aromatic rings. The molecule has 0 unspecified atom stereocenters. The van der Waals surface area contributed by atoms with E-state index in [0.29, 0.717) is 36.4 Å². The summed E-state index contributed by atoms with van der Waals surface area (Å²) in [6.07, 6.45) is 8.16. The van der Waals surface area contributed by atoms with Crippen LogP contribution in [0.1, 0.15) is 36.8 Å². The molecule has 1 aliphatic rings. The van der Waals surface area contributed by atoms with Gasteiger partial charge in [0, 0.05) is 13.2 Å². The summed E-state index contributed by atoms with van der Waals surface area (Å²) in [5.74, 6) is 1.03. The largest absolute Gasteiger partial charge is 0.396 e. The van der Waals surface area contributed by atoms with Gasteiger partial charge >= 0.3 is 0 Å². The SMILES string of the molecule is O=C=Nc1ccc(Cc2ccc(N=C=O)cc2)cc1.OCC1CCC(CO)CC1. The smallest absolute Gasteiger partial charge is 0.240 e. The minimum Gasteiger partial charge on any atom is -0.396 e. The summed E-state index contributed by atoms with van der Waals surface area (Å²) in [5.41, 5.74) is 3.40. The van der Waals surface area contributed by atoms with Gasteiger partial charge in [-0.15, -0.1) is 0 Å². The number of rotatable bonds is 6. The summed E-state index contributed by atoms with van der Waals surface area (Å²) < 4.78 is 0. The highest BCUT2D eigenvalue weighted by molar-refractivity contribution is 5.51. The van der Waals surface area contributed by atoms with Crippen molar-refractivity contribution in [2.24, 2.45) is 21.8 Å². The Hall–Kier alpha value is -2.88. The predicted molar refractivity (Wildman–Crippen MR) is 111 cm³/mol.